The van der Waals surface area contributed by atoms with Crippen LogP contribution in [0, 0.1) is 27.9 Å². The first-order chi connectivity index (χ1) is 8.84. The average Bonchev–Trinajstić information content (AvgIpc) is 2.27. The lowest BCUT2D eigenvalue weighted by Crippen LogP contribution is -2.24. The van der Waals surface area contributed by atoms with Gasteiger partial charge in [-0.05, 0) is 29.9 Å². The molecule has 1 aromatic carbocycles. The second-order valence-corrected chi connectivity index (χ2v) is 5.83. The molecule has 0 bridgehead atoms. The van der Waals surface area contributed by atoms with E-state index in [0.717, 1.165) is 0 Å². The van der Waals surface area contributed by atoms with Gasteiger partial charge in [-0.15, -0.1) is 0 Å². The summed E-state index contributed by atoms with van der Waals surface area (Å²) in [6.07, 6.45) is 0. The van der Waals surface area contributed by atoms with Crippen molar-refractivity contribution in [3.8, 4) is 0 Å². The number of benzene rings is 1. The third-order valence-corrected chi connectivity index (χ3v) is 3.72. The number of hydrogen-bond donors (Lipinski definition) is 1. The molecule has 0 heterocycles. The highest BCUT2D eigenvalue weighted by Gasteiger charge is 2.21. The average molecular weight is 285 g/mol. The molecule has 0 unspecified atom stereocenters. The molecule has 1 aromatic rings. The number of nitro benzene ring substituents is 1. The van der Waals surface area contributed by atoms with Crippen LogP contribution >= 0.6 is 11.6 Å². The van der Waals surface area contributed by atoms with Crippen molar-refractivity contribution in [2.45, 2.75) is 27.7 Å². The van der Waals surface area contributed by atoms with Crippen molar-refractivity contribution >= 4 is 23.0 Å². The Morgan fingerprint density at radius 2 is 1.84 bits per heavy atom. The number of rotatable bonds is 6. The van der Waals surface area contributed by atoms with Crippen molar-refractivity contribution in [2.24, 2.45) is 17.8 Å². The maximum atomic E-state index is 11.0. The first kappa shape index (κ1) is 15.8. The van der Waals surface area contributed by atoms with E-state index in [1.165, 1.54) is 6.07 Å². The third kappa shape index (κ3) is 4.10. The Labute approximate surface area is 119 Å². The molecule has 0 spiro atoms. The molecule has 0 radical (unpaired) electrons. The van der Waals surface area contributed by atoms with Gasteiger partial charge in [0.05, 0.1) is 4.92 Å². The lowest BCUT2D eigenvalue weighted by molar-refractivity contribution is -0.383. The summed E-state index contributed by atoms with van der Waals surface area (Å²) < 4.78 is 0. The van der Waals surface area contributed by atoms with Gasteiger partial charge in [0.1, 0.15) is 10.7 Å². The van der Waals surface area contributed by atoms with Gasteiger partial charge in [0.15, 0.2) is 0 Å². The quantitative estimate of drug-likeness (QED) is 0.614. The van der Waals surface area contributed by atoms with Crippen LogP contribution in [-0.4, -0.2) is 11.5 Å². The lowest BCUT2D eigenvalue weighted by Gasteiger charge is -2.25. The van der Waals surface area contributed by atoms with E-state index in [-0.39, 0.29) is 10.7 Å². The number of hydrogen-bond acceptors (Lipinski definition) is 3. The maximum Gasteiger partial charge on any atom is 0.310 e. The summed E-state index contributed by atoms with van der Waals surface area (Å²) in [5.74, 6) is 1.50. The van der Waals surface area contributed by atoms with Crippen LogP contribution in [-0.2, 0) is 0 Å². The minimum absolute atomic E-state index is 0.0459. The number of para-hydroxylation sites is 1. The van der Waals surface area contributed by atoms with Crippen molar-refractivity contribution in [1.29, 1.82) is 0 Å². The molecule has 5 heteroatoms. The fourth-order valence-electron chi connectivity index (χ4n) is 2.31. The summed E-state index contributed by atoms with van der Waals surface area (Å²) in [5, 5.41) is 14.4. The fraction of sp³-hybridized carbons (Fsp3) is 0.571. The first-order valence-electron chi connectivity index (χ1n) is 6.51. The van der Waals surface area contributed by atoms with Gasteiger partial charge in [-0.1, -0.05) is 45.4 Å². The minimum Gasteiger partial charge on any atom is -0.379 e. The summed E-state index contributed by atoms with van der Waals surface area (Å²) in [6, 6.07) is 4.95. The van der Waals surface area contributed by atoms with Crippen LogP contribution < -0.4 is 5.32 Å². The molecule has 0 aliphatic carbocycles. The van der Waals surface area contributed by atoms with Gasteiger partial charge < -0.3 is 5.32 Å². The Balaban J connectivity index is 2.88. The van der Waals surface area contributed by atoms with E-state index in [1.807, 2.05) is 0 Å². The van der Waals surface area contributed by atoms with Crippen LogP contribution in [0.15, 0.2) is 18.2 Å². The molecule has 1 N–H and O–H groups in total. The van der Waals surface area contributed by atoms with E-state index in [0.29, 0.717) is 30.0 Å². The predicted molar refractivity (Wildman–Crippen MR) is 79.8 cm³/mol. The Kier molecular flexibility index (Phi) is 5.60. The number of nitrogens with zero attached hydrogens (tertiary/aromatic N) is 1. The topological polar surface area (TPSA) is 55.2 Å². The maximum absolute atomic E-state index is 11.0. The molecule has 0 atom stereocenters. The zero-order valence-electron chi connectivity index (χ0n) is 11.8. The van der Waals surface area contributed by atoms with Gasteiger partial charge in [0, 0.05) is 6.54 Å². The molecule has 0 saturated carbocycles. The van der Waals surface area contributed by atoms with E-state index in [9.17, 15) is 10.1 Å². The molecule has 0 aromatic heterocycles. The van der Waals surface area contributed by atoms with E-state index in [4.69, 9.17) is 11.6 Å². The summed E-state index contributed by atoms with van der Waals surface area (Å²) in [4.78, 5) is 10.6. The first-order valence-corrected chi connectivity index (χ1v) is 6.89. The van der Waals surface area contributed by atoms with Gasteiger partial charge in [-0.2, -0.15) is 0 Å². The molecule has 1 rings (SSSR count). The third-order valence-electron chi connectivity index (χ3n) is 3.41. The zero-order chi connectivity index (χ0) is 14.6. The molecule has 0 aliphatic rings. The lowest BCUT2D eigenvalue weighted by atomic mass is 9.85. The van der Waals surface area contributed by atoms with E-state index in [2.05, 4.69) is 33.0 Å². The van der Waals surface area contributed by atoms with Gasteiger partial charge in [0.25, 0.3) is 0 Å². The Hall–Kier alpha value is -1.29. The highest BCUT2D eigenvalue weighted by atomic mass is 35.5. The van der Waals surface area contributed by atoms with E-state index >= 15 is 0 Å². The van der Waals surface area contributed by atoms with Crippen LogP contribution in [0.5, 0.6) is 0 Å². The number of nitrogens with one attached hydrogen (secondary N) is 1. The normalized spacial score (nSPS) is 11.4. The zero-order valence-corrected chi connectivity index (χ0v) is 12.6. The van der Waals surface area contributed by atoms with Crippen LogP contribution in [0.3, 0.4) is 0 Å². The Morgan fingerprint density at radius 3 is 2.32 bits per heavy atom. The monoisotopic (exact) mass is 284 g/mol. The van der Waals surface area contributed by atoms with Crippen LogP contribution in [0.1, 0.15) is 27.7 Å². The molecule has 4 nitrogen and oxygen atoms in total. The molecular formula is C14H21ClN2O2. The van der Waals surface area contributed by atoms with Crippen molar-refractivity contribution in [3.05, 3.63) is 33.3 Å². The molecule has 19 heavy (non-hydrogen) atoms. The van der Waals surface area contributed by atoms with Gasteiger partial charge >= 0.3 is 5.69 Å². The molecule has 0 fully saturated rings. The van der Waals surface area contributed by atoms with Gasteiger partial charge in [-0.3, -0.25) is 10.1 Å². The largest absolute Gasteiger partial charge is 0.379 e. The van der Waals surface area contributed by atoms with Crippen LogP contribution in [0.25, 0.3) is 0 Å². The highest BCUT2D eigenvalue weighted by Crippen LogP contribution is 2.33. The molecular weight excluding hydrogens is 264 g/mol. The fourth-order valence-corrected chi connectivity index (χ4v) is 2.56. The van der Waals surface area contributed by atoms with Gasteiger partial charge in [-0.25, -0.2) is 0 Å². The standard InChI is InChI=1S/C14H21ClN2O2/c1-9(2)11(10(3)4)8-16-13-7-5-6-12(15)14(13)17(18)19/h5-7,9-11,16H,8H2,1-4H3. The van der Waals surface area contributed by atoms with Crippen molar-refractivity contribution in [3.63, 3.8) is 0 Å². The van der Waals surface area contributed by atoms with Crippen LogP contribution in [0.4, 0.5) is 11.4 Å². The molecule has 0 saturated heterocycles. The molecule has 106 valence electrons. The highest BCUT2D eigenvalue weighted by molar-refractivity contribution is 6.33. The second-order valence-electron chi connectivity index (χ2n) is 5.43. The predicted octanol–water partition coefficient (Wildman–Crippen LogP) is 4.59. The SMILES string of the molecule is CC(C)C(CNc1cccc(Cl)c1[N+](=O)[O-])C(C)C. The molecule has 0 aliphatic heterocycles. The second kappa shape index (κ2) is 6.75. The number of anilines is 1. The number of halogens is 1. The summed E-state index contributed by atoms with van der Waals surface area (Å²) in [5.41, 5.74) is 0.444. The van der Waals surface area contributed by atoms with Crippen molar-refractivity contribution in [2.75, 3.05) is 11.9 Å². The smallest absolute Gasteiger partial charge is 0.310 e. The van der Waals surface area contributed by atoms with Crippen molar-refractivity contribution in [1.82, 2.24) is 0 Å². The Bertz CT molecular complexity index is 439. The minimum atomic E-state index is -0.440. The summed E-state index contributed by atoms with van der Waals surface area (Å²) >= 11 is 5.88. The number of nitro groups is 1. The van der Waals surface area contributed by atoms with Crippen molar-refractivity contribution < 1.29 is 4.92 Å². The van der Waals surface area contributed by atoms with Crippen LogP contribution in [0.2, 0.25) is 5.02 Å². The van der Waals surface area contributed by atoms with Gasteiger partial charge in [0.2, 0.25) is 0 Å². The van der Waals surface area contributed by atoms with E-state index in [1.54, 1.807) is 12.1 Å². The molecule has 0 amide bonds. The summed E-state index contributed by atoms with van der Waals surface area (Å²) in [7, 11) is 0. The Morgan fingerprint density at radius 1 is 1.26 bits per heavy atom. The van der Waals surface area contributed by atoms with E-state index < -0.39 is 4.92 Å². The summed E-state index contributed by atoms with van der Waals surface area (Å²) in [6.45, 7) is 9.37.